The van der Waals surface area contributed by atoms with E-state index in [9.17, 15) is 9.59 Å². The van der Waals surface area contributed by atoms with Gasteiger partial charge in [-0.05, 0) is 17.7 Å². The molecule has 2 aliphatic heterocycles. The normalized spacial score (nSPS) is 17.8. The van der Waals surface area contributed by atoms with Crippen LogP contribution >= 0.6 is 0 Å². The lowest BCUT2D eigenvalue weighted by Gasteiger charge is -2.48. The van der Waals surface area contributed by atoms with E-state index in [0.29, 0.717) is 30.8 Å². The Morgan fingerprint density at radius 2 is 2.08 bits per heavy atom. The molecule has 3 heterocycles. The molecule has 1 aromatic heterocycles. The summed E-state index contributed by atoms with van der Waals surface area (Å²) < 4.78 is 5.40. The highest BCUT2D eigenvalue weighted by Gasteiger charge is 2.48. The molecule has 0 saturated carbocycles. The van der Waals surface area contributed by atoms with Crippen LogP contribution < -0.4 is 10.8 Å². The van der Waals surface area contributed by atoms with Gasteiger partial charge in [-0.1, -0.05) is 17.6 Å². The predicted molar refractivity (Wildman–Crippen MR) is 90.9 cm³/mol. The lowest BCUT2D eigenvalue weighted by Crippen LogP contribution is -2.60. The molecule has 1 fully saturated rings. The highest BCUT2D eigenvalue weighted by molar-refractivity contribution is 6.32. The smallest absolute Gasteiger partial charge is 0.254 e. The van der Waals surface area contributed by atoms with Gasteiger partial charge in [-0.15, -0.1) is 0 Å². The second-order valence-corrected chi connectivity index (χ2v) is 6.36. The van der Waals surface area contributed by atoms with Gasteiger partial charge in [0.15, 0.2) is 0 Å². The fraction of sp³-hybridized carbons (Fsp3) is 0.294. The van der Waals surface area contributed by atoms with Gasteiger partial charge < -0.3 is 9.64 Å². The van der Waals surface area contributed by atoms with Gasteiger partial charge in [0.05, 0.1) is 18.6 Å². The van der Waals surface area contributed by atoms with Crippen molar-refractivity contribution in [3.05, 3.63) is 47.8 Å². The molecule has 1 saturated heterocycles. The van der Waals surface area contributed by atoms with Crippen molar-refractivity contribution in [1.29, 1.82) is 0 Å². The van der Waals surface area contributed by atoms with Crippen molar-refractivity contribution in [3.8, 4) is 0 Å². The second kappa shape index (κ2) is 5.96. The number of rotatable bonds is 3. The van der Waals surface area contributed by atoms with Gasteiger partial charge >= 0.3 is 0 Å². The minimum atomic E-state index is -0.339. The van der Waals surface area contributed by atoms with Crippen LogP contribution in [0.2, 0.25) is 0 Å². The minimum absolute atomic E-state index is 0.0668. The van der Waals surface area contributed by atoms with E-state index in [0.717, 1.165) is 5.56 Å². The topological polar surface area (TPSA) is 84.4 Å². The highest BCUT2D eigenvalue weighted by atomic mass is 16.5. The van der Waals surface area contributed by atoms with Crippen LogP contribution in [0.1, 0.15) is 15.9 Å². The SMILES string of the molecule is [B]c1ccc2c(c1)C1(COC1)CN(CC(=O)Nc1ncccn1)C2=O. The number of benzene rings is 1. The molecular formula is C17H15BN4O3. The molecule has 25 heavy (non-hydrogen) atoms. The zero-order valence-corrected chi connectivity index (χ0v) is 13.4. The summed E-state index contributed by atoms with van der Waals surface area (Å²) in [7, 11) is 5.88. The first-order chi connectivity index (χ1) is 12.1. The Kier molecular flexibility index (Phi) is 3.76. The molecule has 8 heteroatoms. The standard InChI is InChI=1S/C17H15BN4O3/c18-11-2-3-12-13(6-11)17(9-25-10-17)8-22(15(12)24)7-14(23)21-16-19-4-1-5-20-16/h1-6H,7-10H2,(H,19,20,21,23). The number of ether oxygens (including phenoxy) is 1. The van der Waals surface area contributed by atoms with Crippen LogP contribution in [0, 0.1) is 0 Å². The monoisotopic (exact) mass is 334 g/mol. The minimum Gasteiger partial charge on any atom is -0.379 e. The molecule has 124 valence electrons. The van der Waals surface area contributed by atoms with Gasteiger partial charge in [0.25, 0.3) is 5.91 Å². The zero-order chi connectivity index (χ0) is 17.4. The summed E-state index contributed by atoms with van der Waals surface area (Å²) in [5.74, 6) is -0.308. The third-order valence-electron chi connectivity index (χ3n) is 4.53. The Hall–Kier alpha value is -2.74. The second-order valence-electron chi connectivity index (χ2n) is 6.36. The molecule has 2 amide bonds. The molecule has 2 radical (unpaired) electrons. The Labute approximate surface area is 145 Å². The zero-order valence-electron chi connectivity index (χ0n) is 13.4. The van der Waals surface area contributed by atoms with Gasteiger partial charge in [-0.3, -0.25) is 14.9 Å². The maximum absolute atomic E-state index is 12.8. The fourth-order valence-electron chi connectivity index (χ4n) is 3.30. The quantitative estimate of drug-likeness (QED) is 0.775. The molecule has 7 nitrogen and oxygen atoms in total. The number of hydrogen-bond donors (Lipinski definition) is 1. The van der Waals surface area contributed by atoms with Crippen LogP contribution in [0.4, 0.5) is 5.95 Å². The van der Waals surface area contributed by atoms with Gasteiger partial charge in [0.1, 0.15) is 14.4 Å². The first-order valence-corrected chi connectivity index (χ1v) is 7.91. The van der Waals surface area contributed by atoms with E-state index in [2.05, 4.69) is 15.3 Å². The predicted octanol–water partition coefficient (Wildman–Crippen LogP) is -0.367. The molecule has 1 spiro atoms. The van der Waals surface area contributed by atoms with Gasteiger partial charge in [0, 0.05) is 24.5 Å². The van der Waals surface area contributed by atoms with Crippen molar-refractivity contribution in [2.24, 2.45) is 0 Å². The summed E-state index contributed by atoms with van der Waals surface area (Å²) in [4.78, 5) is 34.5. The number of fused-ring (bicyclic) bond motifs is 2. The highest BCUT2D eigenvalue weighted by Crippen LogP contribution is 2.39. The number of nitrogens with one attached hydrogen (secondary N) is 1. The number of anilines is 1. The van der Waals surface area contributed by atoms with Crippen molar-refractivity contribution in [1.82, 2.24) is 14.9 Å². The van der Waals surface area contributed by atoms with Crippen LogP contribution in [-0.4, -0.2) is 60.8 Å². The van der Waals surface area contributed by atoms with Crippen LogP contribution in [0.5, 0.6) is 0 Å². The summed E-state index contributed by atoms with van der Waals surface area (Å²) >= 11 is 0. The summed E-state index contributed by atoms with van der Waals surface area (Å²) in [6.45, 7) is 1.38. The lowest BCUT2D eigenvalue weighted by molar-refractivity contribution is -0.118. The van der Waals surface area contributed by atoms with Crippen molar-refractivity contribution < 1.29 is 14.3 Å². The molecule has 0 atom stereocenters. The van der Waals surface area contributed by atoms with Crippen LogP contribution in [0.25, 0.3) is 0 Å². The van der Waals surface area contributed by atoms with E-state index < -0.39 is 0 Å². The van der Waals surface area contributed by atoms with E-state index >= 15 is 0 Å². The van der Waals surface area contributed by atoms with Crippen LogP contribution in [-0.2, 0) is 14.9 Å². The molecule has 1 aromatic carbocycles. The third kappa shape index (κ3) is 2.78. The molecule has 0 bridgehead atoms. The van der Waals surface area contributed by atoms with Crippen LogP contribution in [0.15, 0.2) is 36.7 Å². The Morgan fingerprint density at radius 1 is 1.32 bits per heavy atom. The maximum Gasteiger partial charge on any atom is 0.254 e. The average molecular weight is 334 g/mol. The molecule has 2 aliphatic rings. The largest absolute Gasteiger partial charge is 0.379 e. The van der Waals surface area contributed by atoms with Crippen molar-refractivity contribution >= 4 is 31.1 Å². The molecule has 1 N–H and O–H groups in total. The molecular weight excluding hydrogens is 319 g/mol. The first-order valence-electron chi connectivity index (χ1n) is 7.91. The maximum atomic E-state index is 12.8. The number of carbonyl (C=O) groups excluding carboxylic acids is 2. The van der Waals surface area contributed by atoms with E-state index in [1.54, 1.807) is 23.1 Å². The van der Waals surface area contributed by atoms with E-state index in [-0.39, 0.29) is 29.7 Å². The molecule has 2 aromatic rings. The average Bonchev–Trinajstić information content (AvgIpc) is 2.56. The van der Waals surface area contributed by atoms with E-state index in [4.69, 9.17) is 12.6 Å². The Bertz CT molecular complexity index is 839. The summed E-state index contributed by atoms with van der Waals surface area (Å²) in [6.07, 6.45) is 3.08. The van der Waals surface area contributed by atoms with E-state index in [1.165, 1.54) is 12.4 Å². The van der Waals surface area contributed by atoms with Crippen molar-refractivity contribution in [3.63, 3.8) is 0 Å². The molecule has 0 aliphatic carbocycles. The Morgan fingerprint density at radius 3 is 2.76 bits per heavy atom. The van der Waals surface area contributed by atoms with Gasteiger partial charge in [0.2, 0.25) is 11.9 Å². The number of aromatic nitrogens is 2. The van der Waals surface area contributed by atoms with Gasteiger partial charge in [-0.25, -0.2) is 9.97 Å². The first kappa shape index (κ1) is 15.8. The lowest BCUT2D eigenvalue weighted by atomic mass is 9.71. The molecule has 4 rings (SSSR count). The van der Waals surface area contributed by atoms with Crippen LogP contribution in [0.3, 0.4) is 0 Å². The summed E-state index contributed by atoms with van der Waals surface area (Å²) in [5.41, 5.74) is 1.81. The Balaban J connectivity index is 1.56. The number of nitrogens with zero attached hydrogens (tertiary/aromatic N) is 3. The molecule has 0 unspecified atom stereocenters. The summed E-state index contributed by atoms with van der Waals surface area (Å²) in [6, 6.07) is 6.92. The third-order valence-corrected chi connectivity index (χ3v) is 4.53. The summed E-state index contributed by atoms with van der Waals surface area (Å²) in [5, 5.41) is 2.60. The number of amides is 2. The van der Waals surface area contributed by atoms with Gasteiger partial charge in [-0.2, -0.15) is 0 Å². The van der Waals surface area contributed by atoms with E-state index in [1.807, 2.05) is 6.07 Å². The number of carbonyl (C=O) groups is 2. The number of hydrogen-bond acceptors (Lipinski definition) is 5. The fourth-order valence-corrected chi connectivity index (χ4v) is 3.30. The van der Waals surface area contributed by atoms with Crippen molar-refractivity contribution in [2.75, 3.05) is 31.6 Å². The van der Waals surface area contributed by atoms with Crippen molar-refractivity contribution in [2.45, 2.75) is 5.41 Å².